The third kappa shape index (κ3) is 9.56. The quantitative estimate of drug-likeness (QED) is 0.341. The van der Waals surface area contributed by atoms with Crippen LogP contribution in [-0.4, -0.2) is 62.9 Å². The van der Waals surface area contributed by atoms with Gasteiger partial charge in [0.1, 0.15) is 6.29 Å². The van der Waals surface area contributed by atoms with E-state index in [4.69, 9.17) is 0 Å². The van der Waals surface area contributed by atoms with Crippen LogP contribution in [-0.2, 0) is 27.4 Å². The first-order valence-corrected chi connectivity index (χ1v) is 14.6. The lowest BCUT2D eigenvalue weighted by atomic mass is 9.94. The molecule has 1 aliphatic heterocycles. The maximum absolute atomic E-state index is 13.1. The second kappa shape index (κ2) is 14.6. The van der Waals surface area contributed by atoms with Crippen LogP contribution < -0.4 is 4.72 Å². The highest BCUT2D eigenvalue weighted by Gasteiger charge is 2.31. The molecule has 0 radical (unpaired) electrons. The summed E-state index contributed by atoms with van der Waals surface area (Å²) in [4.78, 5) is 15.8. The molecule has 11 heteroatoms. The Morgan fingerprint density at radius 1 is 1.13 bits per heavy atom. The molecule has 39 heavy (non-hydrogen) atoms. The fourth-order valence-corrected chi connectivity index (χ4v) is 6.31. The number of benzene rings is 2. The SMILES string of the molecule is CCN(CC1CCN([C@H](CC=O)NS(=O)(=O)c2ccc(C)cc2)CC1)C(C)Cc1cccc(C(F)(F)F)c1.Cl. The Balaban J connectivity index is 0.00000533. The van der Waals surface area contributed by atoms with E-state index in [9.17, 15) is 26.4 Å². The number of nitrogens with zero attached hydrogens (tertiary/aromatic N) is 2. The van der Waals surface area contributed by atoms with Crippen LogP contribution in [0.5, 0.6) is 0 Å². The van der Waals surface area contributed by atoms with Crippen molar-refractivity contribution in [3.8, 4) is 0 Å². The number of alkyl halides is 3. The number of likely N-dealkylation sites (N-methyl/N-ethyl adjacent to an activating group) is 1. The number of halogens is 4. The molecule has 1 unspecified atom stereocenters. The van der Waals surface area contributed by atoms with E-state index in [-0.39, 0.29) is 29.8 Å². The number of nitrogens with one attached hydrogen (secondary N) is 1. The molecule has 0 amide bonds. The predicted octanol–water partition coefficient (Wildman–Crippen LogP) is 5.29. The second-order valence-electron chi connectivity index (χ2n) is 10.2. The molecular weight excluding hydrogens is 551 g/mol. The standard InChI is InChI=1S/C28H38F3N3O3S.ClH/c1-4-33(22(3)18-24-6-5-7-25(19-24)28(29,30)31)20-23-12-15-34(16-13-23)27(14-17-35)32-38(36,37)26-10-8-21(2)9-11-26;/h5-11,17,19,22-23,27,32H,4,12-16,18,20H2,1-3H3;1H/t22?,27-;/m1./s1. The number of rotatable bonds is 12. The number of hydrogen-bond donors (Lipinski definition) is 1. The first-order valence-electron chi connectivity index (χ1n) is 13.1. The molecule has 218 valence electrons. The Hall–Kier alpha value is -1.98. The maximum Gasteiger partial charge on any atom is 0.416 e. The number of sulfonamides is 1. The van der Waals surface area contributed by atoms with E-state index < -0.39 is 27.9 Å². The number of carbonyl (C=O) groups excluding carboxylic acids is 1. The summed E-state index contributed by atoms with van der Waals surface area (Å²) in [5.74, 6) is 0.376. The van der Waals surface area contributed by atoms with Crippen molar-refractivity contribution >= 4 is 28.7 Å². The molecule has 0 saturated carbocycles. The molecule has 0 aliphatic carbocycles. The van der Waals surface area contributed by atoms with Gasteiger partial charge < -0.3 is 9.69 Å². The smallest absolute Gasteiger partial charge is 0.303 e. The van der Waals surface area contributed by atoms with Crippen molar-refractivity contribution in [3.63, 3.8) is 0 Å². The van der Waals surface area contributed by atoms with Gasteiger partial charge >= 0.3 is 6.18 Å². The monoisotopic (exact) mass is 589 g/mol. The highest BCUT2D eigenvalue weighted by molar-refractivity contribution is 7.89. The van der Waals surface area contributed by atoms with Gasteiger partial charge in [0.2, 0.25) is 10.0 Å². The van der Waals surface area contributed by atoms with E-state index in [1.807, 2.05) is 18.7 Å². The fourth-order valence-electron chi connectivity index (χ4n) is 5.07. The van der Waals surface area contributed by atoms with Gasteiger partial charge in [0.15, 0.2) is 0 Å². The van der Waals surface area contributed by atoms with Crippen molar-refractivity contribution in [2.24, 2.45) is 5.92 Å². The third-order valence-corrected chi connectivity index (χ3v) is 8.81. The lowest BCUT2D eigenvalue weighted by Crippen LogP contribution is -2.52. The zero-order valence-corrected chi connectivity index (χ0v) is 24.3. The van der Waals surface area contributed by atoms with E-state index >= 15 is 0 Å². The summed E-state index contributed by atoms with van der Waals surface area (Å²) in [6.45, 7) is 8.88. The number of carbonyl (C=O) groups is 1. The molecule has 1 saturated heterocycles. The van der Waals surface area contributed by atoms with Gasteiger partial charge in [-0.15, -0.1) is 12.4 Å². The van der Waals surface area contributed by atoms with Gasteiger partial charge in [0.25, 0.3) is 0 Å². The number of aryl methyl sites for hydroxylation is 1. The van der Waals surface area contributed by atoms with Crippen LogP contribution in [0.2, 0.25) is 0 Å². The minimum atomic E-state index is -4.35. The van der Waals surface area contributed by atoms with Crippen LogP contribution in [0, 0.1) is 12.8 Å². The highest BCUT2D eigenvalue weighted by Crippen LogP contribution is 2.30. The normalized spacial score (nSPS) is 17.0. The van der Waals surface area contributed by atoms with Crippen molar-refractivity contribution in [1.29, 1.82) is 0 Å². The molecule has 0 spiro atoms. The number of hydrogen-bond acceptors (Lipinski definition) is 5. The Morgan fingerprint density at radius 2 is 1.77 bits per heavy atom. The summed E-state index contributed by atoms with van der Waals surface area (Å²) in [7, 11) is -3.77. The van der Waals surface area contributed by atoms with Crippen LogP contribution in [0.15, 0.2) is 53.4 Å². The van der Waals surface area contributed by atoms with Crippen LogP contribution in [0.25, 0.3) is 0 Å². The van der Waals surface area contributed by atoms with Gasteiger partial charge in [-0.2, -0.15) is 17.9 Å². The topological polar surface area (TPSA) is 69.7 Å². The Kier molecular flexibility index (Phi) is 12.4. The molecule has 1 N–H and O–H groups in total. The number of likely N-dealkylation sites (tertiary alicyclic amines) is 1. The number of piperidine rings is 1. The molecule has 3 rings (SSSR count). The first kappa shape index (κ1) is 33.2. The van der Waals surface area contributed by atoms with E-state index in [0.29, 0.717) is 31.0 Å². The van der Waals surface area contributed by atoms with E-state index in [0.717, 1.165) is 43.8 Å². The lowest BCUT2D eigenvalue weighted by Gasteiger charge is -2.39. The fraction of sp³-hybridized carbons (Fsp3) is 0.536. The summed E-state index contributed by atoms with van der Waals surface area (Å²) in [5.41, 5.74) is 0.999. The summed E-state index contributed by atoms with van der Waals surface area (Å²) < 4.78 is 67.8. The third-order valence-electron chi connectivity index (χ3n) is 7.34. The summed E-state index contributed by atoms with van der Waals surface area (Å²) in [6.07, 6.45) is -1.95. The Morgan fingerprint density at radius 3 is 2.33 bits per heavy atom. The molecule has 1 fully saturated rings. The molecular formula is C28H39ClF3N3O3S. The molecule has 0 aromatic heterocycles. The van der Waals surface area contributed by atoms with Crippen molar-refractivity contribution < 1.29 is 26.4 Å². The first-order chi connectivity index (χ1) is 17.9. The van der Waals surface area contributed by atoms with Crippen LogP contribution in [0.4, 0.5) is 13.2 Å². The van der Waals surface area contributed by atoms with E-state index in [2.05, 4.69) is 16.5 Å². The maximum atomic E-state index is 13.1. The van der Waals surface area contributed by atoms with Gasteiger partial charge in [-0.3, -0.25) is 4.90 Å². The summed E-state index contributed by atoms with van der Waals surface area (Å²) >= 11 is 0. The van der Waals surface area contributed by atoms with Crippen molar-refractivity contribution in [2.75, 3.05) is 26.2 Å². The van der Waals surface area contributed by atoms with Crippen molar-refractivity contribution in [3.05, 3.63) is 65.2 Å². The van der Waals surface area contributed by atoms with Gasteiger partial charge in [-0.25, -0.2) is 8.42 Å². The molecule has 0 bridgehead atoms. The van der Waals surface area contributed by atoms with Crippen LogP contribution in [0.1, 0.15) is 49.8 Å². The zero-order valence-electron chi connectivity index (χ0n) is 22.7. The minimum absolute atomic E-state index is 0. The van der Waals surface area contributed by atoms with Gasteiger partial charge in [0.05, 0.1) is 16.6 Å². The lowest BCUT2D eigenvalue weighted by molar-refractivity contribution is -0.137. The minimum Gasteiger partial charge on any atom is -0.303 e. The molecule has 2 aromatic rings. The van der Waals surface area contributed by atoms with Gasteiger partial charge in [-0.05, 0) is 82.4 Å². The Bertz CT molecular complexity index is 1150. The summed E-state index contributed by atoms with van der Waals surface area (Å²) in [5, 5.41) is 0. The van der Waals surface area contributed by atoms with Crippen LogP contribution >= 0.6 is 12.4 Å². The van der Waals surface area contributed by atoms with E-state index in [1.165, 1.54) is 12.1 Å². The second-order valence-corrected chi connectivity index (χ2v) is 11.9. The number of aldehydes is 1. The zero-order chi connectivity index (χ0) is 27.9. The van der Waals surface area contributed by atoms with Gasteiger partial charge in [0, 0.05) is 19.0 Å². The van der Waals surface area contributed by atoms with Crippen molar-refractivity contribution in [2.45, 2.75) is 69.7 Å². The van der Waals surface area contributed by atoms with E-state index in [1.54, 1.807) is 30.3 Å². The average Bonchev–Trinajstić information content (AvgIpc) is 2.87. The summed E-state index contributed by atoms with van der Waals surface area (Å²) in [6, 6.07) is 12.2. The van der Waals surface area contributed by atoms with Crippen LogP contribution in [0.3, 0.4) is 0 Å². The molecule has 6 nitrogen and oxygen atoms in total. The largest absolute Gasteiger partial charge is 0.416 e. The molecule has 2 aromatic carbocycles. The predicted molar refractivity (Wildman–Crippen MR) is 149 cm³/mol. The molecule has 1 aliphatic rings. The molecule has 2 atom stereocenters. The Labute approximate surface area is 236 Å². The average molecular weight is 590 g/mol. The highest BCUT2D eigenvalue weighted by atomic mass is 35.5. The van der Waals surface area contributed by atoms with Crippen molar-refractivity contribution in [1.82, 2.24) is 14.5 Å². The molecule has 1 heterocycles. The van der Waals surface area contributed by atoms with Gasteiger partial charge in [-0.1, -0.05) is 42.8 Å².